The van der Waals surface area contributed by atoms with Crippen molar-refractivity contribution in [2.75, 3.05) is 31.1 Å². The van der Waals surface area contributed by atoms with E-state index in [1.54, 1.807) is 4.90 Å². The predicted molar refractivity (Wildman–Crippen MR) is 70.2 cm³/mol. The van der Waals surface area contributed by atoms with Crippen LogP contribution in [0.4, 0.5) is 27.6 Å². The molecular formula is C13H15F5N2O2. The Hall–Kier alpha value is -1.90. The van der Waals surface area contributed by atoms with Gasteiger partial charge in [-0.2, -0.15) is 13.2 Å². The van der Waals surface area contributed by atoms with Crippen molar-refractivity contribution < 1.29 is 31.9 Å². The number of anilines is 1. The summed E-state index contributed by atoms with van der Waals surface area (Å²) in [5.74, 6) is -5.40. The largest absolute Gasteiger partial charge is 0.490 e. The van der Waals surface area contributed by atoms with E-state index in [9.17, 15) is 22.0 Å². The number of carbonyl (C=O) groups is 1. The van der Waals surface area contributed by atoms with Gasteiger partial charge in [-0.25, -0.2) is 13.6 Å². The second-order valence-electron chi connectivity index (χ2n) is 4.59. The number of halogens is 5. The van der Waals surface area contributed by atoms with E-state index in [4.69, 9.17) is 9.90 Å². The van der Waals surface area contributed by atoms with E-state index in [1.165, 1.54) is 0 Å². The van der Waals surface area contributed by atoms with Crippen LogP contribution in [0.5, 0.6) is 0 Å². The quantitative estimate of drug-likeness (QED) is 0.778. The monoisotopic (exact) mass is 326 g/mol. The summed E-state index contributed by atoms with van der Waals surface area (Å²) in [5, 5.41) is 9.87. The van der Waals surface area contributed by atoms with Crippen molar-refractivity contribution in [3.05, 3.63) is 30.3 Å². The smallest absolute Gasteiger partial charge is 0.475 e. The highest BCUT2D eigenvalue weighted by Gasteiger charge is 2.38. The number of alkyl halides is 5. The maximum atomic E-state index is 13.3. The molecule has 1 heterocycles. The van der Waals surface area contributed by atoms with Gasteiger partial charge in [0.05, 0.1) is 13.1 Å². The molecule has 0 radical (unpaired) electrons. The number of nitrogens with zero attached hydrogens (tertiary/aromatic N) is 1. The minimum atomic E-state index is -5.08. The molecule has 1 fully saturated rings. The normalized spacial score (nSPS) is 18.0. The lowest BCUT2D eigenvalue weighted by molar-refractivity contribution is -0.192. The number of hydrogen-bond acceptors (Lipinski definition) is 3. The third-order valence-electron chi connectivity index (χ3n) is 2.73. The zero-order chi connectivity index (χ0) is 16.8. The van der Waals surface area contributed by atoms with Gasteiger partial charge in [-0.05, 0) is 12.1 Å². The fourth-order valence-electron chi connectivity index (χ4n) is 1.76. The minimum absolute atomic E-state index is 0.204. The topological polar surface area (TPSA) is 52.6 Å². The van der Waals surface area contributed by atoms with Crippen molar-refractivity contribution in [1.82, 2.24) is 5.32 Å². The van der Waals surface area contributed by atoms with Gasteiger partial charge in [0.15, 0.2) is 0 Å². The van der Waals surface area contributed by atoms with Gasteiger partial charge in [0.25, 0.3) is 5.92 Å². The van der Waals surface area contributed by atoms with E-state index in [1.807, 2.05) is 30.3 Å². The SMILES string of the molecule is FC1(F)CNCCN(c2ccccc2)C1.O=C(O)C(F)(F)F. The van der Waals surface area contributed by atoms with Crippen molar-refractivity contribution in [2.24, 2.45) is 0 Å². The molecule has 2 N–H and O–H groups in total. The van der Waals surface area contributed by atoms with Crippen LogP contribution in [0, 0.1) is 0 Å². The predicted octanol–water partition coefficient (Wildman–Crippen LogP) is 2.36. The standard InChI is InChI=1S/C11H14F2N2.C2HF3O2/c12-11(13)8-14-6-7-15(9-11)10-4-2-1-3-5-10;3-2(4,5)1(6)7/h1-5,14H,6-9H2;(H,6,7). The van der Waals surface area contributed by atoms with Crippen LogP contribution in [-0.4, -0.2) is 49.4 Å². The molecule has 1 aliphatic rings. The first-order chi connectivity index (χ1) is 10.1. The maximum Gasteiger partial charge on any atom is 0.490 e. The first kappa shape index (κ1) is 18.1. The lowest BCUT2D eigenvalue weighted by atomic mass is 10.2. The van der Waals surface area contributed by atoms with Crippen molar-refractivity contribution >= 4 is 11.7 Å². The summed E-state index contributed by atoms with van der Waals surface area (Å²) in [7, 11) is 0. The molecular weight excluding hydrogens is 311 g/mol. The van der Waals surface area contributed by atoms with E-state index in [0.717, 1.165) is 5.69 Å². The van der Waals surface area contributed by atoms with Gasteiger partial charge in [-0.1, -0.05) is 18.2 Å². The third kappa shape index (κ3) is 6.25. The Labute approximate surface area is 123 Å². The molecule has 124 valence electrons. The minimum Gasteiger partial charge on any atom is -0.475 e. The van der Waals surface area contributed by atoms with Gasteiger partial charge in [-0.15, -0.1) is 0 Å². The molecule has 1 aliphatic heterocycles. The average molecular weight is 326 g/mol. The number of carboxylic acid groups (broad SMARTS) is 1. The van der Waals surface area contributed by atoms with Gasteiger partial charge < -0.3 is 15.3 Å². The van der Waals surface area contributed by atoms with Crippen LogP contribution in [0.2, 0.25) is 0 Å². The van der Waals surface area contributed by atoms with Gasteiger partial charge in [0.2, 0.25) is 0 Å². The van der Waals surface area contributed by atoms with E-state index in [0.29, 0.717) is 13.1 Å². The average Bonchev–Trinajstić information content (AvgIpc) is 2.60. The fraction of sp³-hybridized carbons (Fsp3) is 0.462. The lowest BCUT2D eigenvalue weighted by Gasteiger charge is -2.25. The van der Waals surface area contributed by atoms with Crippen LogP contribution in [0.1, 0.15) is 0 Å². The first-order valence-corrected chi connectivity index (χ1v) is 6.30. The molecule has 1 aromatic rings. The van der Waals surface area contributed by atoms with Gasteiger partial charge >= 0.3 is 12.1 Å². The Morgan fingerprint density at radius 2 is 1.77 bits per heavy atom. The van der Waals surface area contributed by atoms with Crippen molar-refractivity contribution in [3.8, 4) is 0 Å². The van der Waals surface area contributed by atoms with Gasteiger partial charge in [-0.3, -0.25) is 0 Å². The van der Waals surface area contributed by atoms with Crippen molar-refractivity contribution in [3.63, 3.8) is 0 Å². The zero-order valence-corrected chi connectivity index (χ0v) is 11.4. The lowest BCUT2D eigenvalue weighted by Crippen LogP contribution is -2.38. The summed E-state index contributed by atoms with van der Waals surface area (Å²) < 4.78 is 58.3. The molecule has 0 spiro atoms. The van der Waals surface area contributed by atoms with Crippen molar-refractivity contribution in [2.45, 2.75) is 12.1 Å². The summed E-state index contributed by atoms with van der Waals surface area (Å²) in [6.07, 6.45) is -5.08. The molecule has 4 nitrogen and oxygen atoms in total. The second-order valence-corrected chi connectivity index (χ2v) is 4.59. The second kappa shape index (κ2) is 7.39. The van der Waals surface area contributed by atoms with Crippen molar-refractivity contribution in [1.29, 1.82) is 0 Å². The highest BCUT2D eigenvalue weighted by Crippen LogP contribution is 2.21. The Bertz CT molecular complexity index is 479. The Kier molecular flexibility index (Phi) is 6.10. The van der Waals surface area contributed by atoms with Crippen LogP contribution in [0.25, 0.3) is 0 Å². The Morgan fingerprint density at radius 3 is 2.27 bits per heavy atom. The number of nitrogens with one attached hydrogen (secondary N) is 1. The number of aliphatic carboxylic acids is 1. The maximum absolute atomic E-state index is 13.3. The molecule has 0 aliphatic carbocycles. The molecule has 2 rings (SSSR count). The summed E-state index contributed by atoms with van der Waals surface area (Å²) in [4.78, 5) is 10.6. The van der Waals surface area contributed by atoms with E-state index in [2.05, 4.69) is 5.32 Å². The van der Waals surface area contributed by atoms with E-state index < -0.39 is 18.1 Å². The van der Waals surface area contributed by atoms with Gasteiger partial charge in [0.1, 0.15) is 0 Å². The molecule has 0 atom stereocenters. The Balaban J connectivity index is 0.000000295. The highest BCUT2D eigenvalue weighted by molar-refractivity contribution is 5.73. The summed E-state index contributed by atoms with van der Waals surface area (Å²) in [5.41, 5.74) is 0.862. The van der Waals surface area contributed by atoms with Crippen LogP contribution in [-0.2, 0) is 4.79 Å². The number of hydrogen-bond donors (Lipinski definition) is 2. The number of benzene rings is 1. The molecule has 0 bridgehead atoms. The van der Waals surface area contributed by atoms with E-state index >= 15 is 0 Å². The number of carboxylic acids is 1. The molecule has 9 heteroatoms. The fourth-order valence-corrected chi connectivity index (χ4v) is 1.76. The number of rotatable bonds is 1. The summed E-state index contributed by atoms with van der Waals surface area (Å²) in [6.45, 7) is 0.796. The van der Waals surface area contributed by atoms with Crippen LogP contribution < -0.4 is 10.2 Å². The molecule has 0 unspecified atom stereocenters. The highest BCUT2D eigenvalue weighted by atomic mass is 19.4. The Morgan fingerprint density at radius 1 is 1.23 bits per heavy atom. The molecule has 0 saturated carbocycles. The van der Waals surface area contributed by atoms with Gasteiger partial charge in [0, 0.05) is 18.8 Å². The van der Waals surface area contributed by atoms with Crippen LogP contribution >= 0.6 is 0 Å². The molecule has 1 saturated heterocycles. The van der Waals surface area contributed by atoms with E-state index in [-0.39, 0.29) is 13.1 Å². The molecule has 0 amide bonds. The molecule has 1 aromatic carbocycles. The zero-order valence-electron chi connectivity index (χ0n) is 11.4. The van der Waals surface area contributed by atoms with Crippen LogP contribution in [0.15, 0.2) is 30.3 Å². The summed E-state index contributed by atoms with van der Waals surface area (Å²) >= 11 is 0. The molecule has 22 heavy (non-hydrogen) atoms. The third-order valence-corrected chi connectivity index (χ3v) is 2.73. The summed E-state index contributed by atoms with van der Waals surface area (Å²) in [6, 6.07) is 9.35. The molecule has 0 aromatic heterocycles. The first-order valence-electron chi connectivity index (χ1n) is 6.30. The number of para-hydroxylation sites is 1. The van der Waals surface area contributed by atoms with Crippen LogP contribution in [0.3, 0.4) is 0 Å².